The number of carbonyl (C=O) groups is 1. The molecule has 0 saturated carbocycles. The molecule has 0 aliphatic heterocycles. The van der Waals surface area contributed by atoms with Gasteiger partial charge in [-0.2, -0.15) is 0 Å². The summed E-state index contributed by atoms with van der Waals surface area (Å²) in [6.07, 6.45) is 1.37. The number of aliphatic hydroxyl groups is 1. The summed E-state index contributed by atoms with van der Waals surface area (Å²) in [6, 6.07) is 7.69. The van der Waals surface area contributed by atoms with Crippen LogP contribution in [0.15, 0.2) is 24.3 Å². The molecule has 0 aromatic heterocycles. The third-order valence-electron chi connectivity index (χ3n) is 3.08. The van der Waals surface area contributed by atoms with Crippen LogP contribution >= 0.6 is 0 Å². The second-order valence-corrected chi connectivity index (χ2v) is 5.44. The highest BCUT2D eigenvalue weighted by Crippen LogP contribution is 2.12. The molecule has 0 saturated heterocycles. The van der Waals surface area contributed by atoms with Crippen molar-refractivity contribution in [3.63, 3.8) is 0 Å². The standard InChI is InChI=1S/C16H25NO3/c1-12(2)10-14(18)11-17-16(19)9-6-13-4-7-15(20-3)8-5-13/h4-5,7-8,12,14,18H,6,9-11H2,1-3H3,(H,17,19). The van der Waals surface area contributed by atoms with Crippen molar-refractivity contribution >= 4 is 5.91 Å². The van der Waals surface area contributed by atoms with Crippen molar-refractivity contribution < 1.29 is 14.6 Å². The molecule has 0 aliphatic carbocycles. The molecule has 0 spiro atoms. The number of methoxy groups -OCH3 is 1. The van der Waals surface area contributed by atoms with Crippen LogP contribution in [0, 0.1) is 5.92 Å². The first-order valence-corrected chi connectivity index (χ1v) is 7.09. The van der Waals surface area contributed by atoms with Gasteiger partial charge < -0.3 is 15.2 Å². The average Bonchev–Trinajstić information content (AvgIpc) is 2.42. The number of rotatable bonds is 8. The van der Waals surface area contributed by atoms with Gasteiger partial charge in [-0.3, -0.25) is 4.79 Å². The molecule has 0 radical (unpaired) electrons. The summed E-state index contributed by atoms with van der Waals surface area (Å²) in [7, 11) is 1.63. The van der Waals surface area contributed by atoms with E-state index in [4.69, 9.17) is 4.74 Å². The Balaban J connectivity index is 2.25. The van der Waals surface area contributed by atoms with Gasteiger partial charge in [-0.05, 0) is 36.5 Å². The highest BCUT2D eigenvalue weighted by Gasteiger charge is 2.09. The molecule has 4 nitrogen and oxygen atoms in total. The predicted molar refractivity (Wildman–Crippen MR) is 79.8 cm³/mol. The lowest BCUT2D eigenvalue weighted by Gasteiger charge is -2.13. The molecule has 1 atom stereocenters. The van der Waals surface area contributed by atoms with Crippen molar-refractivity contribution in [1.29, 1.82) is 0 Å². The molecule has 112 valence electrons. The van der Waals surface area contributed by atoms with E-state index < -0.39 is 6.10 Å². The third kappa shape index (κ3) is 6.57. The number of amides is 1. The number of hydrogen-bond acceptors (Lipinski definition) is 3. The maximum absolute atomic E-state index is 11.7. The van der Waals surface area contributed by atoms with Crippen molar-refractivity contribution in [2.75, 3.05) is 13.7 Å². The Bertz CT molecular complexity index is 401. The van der Waals surface area contributed by atoms with Crippen LogP contribution in [0.2, 0.25) is 0 Å². The Morgan fingerprint density at radius 2 is 1.95 bits per heavy atom. The number of carbonyl (C=O) groups excluding carboxylic acids is 1. The van der Waals surface area contributed by atoms with Gasteiger partial charge in [0.1, 0.15) is 5.75 Å². The molecule has 20 heavy (non-hydrogen) atoms. The number of aliphatic hydroxyl groups excluding tert-OH is 1. The van der Waals surface area contributed by atoms with Crippen molar-refractivity contribution in [2.45, 2.75) is 39.2 Å². The quantitative estimate of drug-likeness (QED) is 0.766. The third-order valence-corrected chi connectivity index (χ3v) is 3.08. The number of benzene rings is 1. The maximum atomic E-state index is 11.7. The summed E-state index contributed by atoms with van der Waals surface area (Å²) in [4.78, 5) is 11.7. The maximum Gasteiger partial charge on any atom is 0.220 e. The van der Waals surface area contributed by atoms with Gasteiger partial charge in [-0.15, -0.1) is 0 Å². The fraction of sp³-hybridized carbons (Fsp3) is 0.562. The van der Waals surface area contributed by atoms with Gasteiger partial charge in [0.05, 0.1) is 13.2 Å². The van der Waals surface area contributed by atoms with E-state index in [1.54, 1.807) is 7.11 Å². The van der Waals surface area contributed by atoms with Gasteiger partial charge >= 0.3 is 0 Å². The molecule has 1 rings (SSSR count). The van der Waals surface area contributed by atoms with E-state index in [9.17, 15) is 9.90 Å². The van der Waals surface area contributed by atoms with Crippen molar-refractivity contribution in [1.82, 2.24) is 5.32 Å². The van der Waals surface area contributed by atoms with E-state index in [0.29, 0.717) is 31.7 Å². The highest BCUT2D eigenvalue weighted by atomic mass is 16.5. The zero-order valence-corrected chi connectivity index (χ0v) is 12.6. The predicted octanol–water partition coefficient (Wildman–Crippen LogP) is 2.15. The Morgan fingerprint density at radius 1 is 1.30 bits per heavy atom. The van der Waals surface area contributed by atoms with Gasteiger partial charge in [0.25, 0.3) is 0 Å². The van der Waals surface area contributed by atoms with Crippen molar-refractivity contribution in [3.8, 4) is 5.75 Å². The molecule has 0 aliphatic rings. The molecular weight excluding hydrogens is 254 g/mol. The molecule has 1 aromatic rings. The molecule has 4 heteroatoms. The molecule has 1 amide bonds. The fourth-order valence-corrected chi connectivity index (χ4v) is 2.00. The first-order chi connectivity index (χ1) is 9.51. The molecule has 2 N–H and O–H groups in total. The lowest BCUT2D eigenvalue weighted by Crippen LogP contribution is -2.32. The van der Waals surface area contributed by atoms with Gasteiger partial charge in [0.2, 0.25) is 5.91 Å². The van der Waals surface area contributed by atoms with Gasteiger partial charge in [-0.25, -0.2) is 0 Å². The summed E-state index contributed by atoms with van der Waals surface area (Å²) in [5.41, 5.74) is 1.10. The van der Waals surface area contributed by atoms with Crippen molar-refractivity contribution in [2.24, 2.45) is 5.92 Å². The van der Waals surface area contributed by atoms with Crippen LogP contribution in [-0.2, 0) is 11.2 Å². The lowest BCUT2D eigenvalue weighted by atomic mass is 10.1. The van der Waals surface area contributed by atoms with Gasteiger partial charge in [0, 0.05) is 13.0 Å². The number of ether oxygens (including phenoxy) is 1. The minimum absolute atomic E-state index is 0.0244. The van der Waals surface area contributed by atoms with E-state index in [-0.39, 0.29) is 5.91 Å². The monoisotopic (exact) mass is 279 g/mol. The molecule has 0 fully saturated rings. The van der Waals surface area contributed by atoms with E-state index in [0.717, 1.165) is 11.3 Å². The van der Waals surface area contributed by atoms with Crippen LogP contribution < -0.4 is 10.1 Å². The first-order valence-electron chi connectivity index (χ1n) is 7.09. The summed E-state index contributed by atoms with van der Waals surface area (Å²) >= 11 is 0. The summed E-state index contributed by atoms with van der Waals surface area (Å²) in [5, 5.41) is 12.4. The molecule has 0 bridgehead atoms. The summed E-state index contributed by atoms with van der Waals surface area (Å²) in [6.45, 7) is 4.43. The van der Waals surface area contributed by atoms with Gasteiger partial charge in [-0.1, -0.05) is 26.0 Å². The lowest BCUT2D eigenvalue weighted by molar-refractivity contribution is -0.121. The second-order valence-electron chi connectivity index (χ2n) is 5.44. The van der Waals surface area contributed by atoms with Gasteiger partial charge in [0.15, 0.2) is 0 Å². The van der Waals surface area contributed by atoms with E-state index >= 15 is 0 Å². The molecule has 1 unspecified atom stereocenters. The van der Waals surface area contributed by atoms with Crippen LogP contribution in [0.1, 0.15) is 32.3 Å². The normalized spacial score (nSPS) is 12.2. The molecule has 1 aromatic carbocycles. The Morgan fingerprint density at radius 3 is 2.50 bits per heavy atom. The highest BCUT2D eigenvalue weighted by molar-refractivity contribution is 5.76. The Hall–Kier alpha value is -1.55. The number of aryl methyl sites for hydroxylation is 1. The number of nitrogens with one attached hydrogen (secondary N) is 1. The van der Waals surface area contributed by atoms with E-state index in [1.807, 2.05) is 24.3 Å². The second kappa shape index (κ2) is 8.59. The SMILES string of the molecule is COc1ccc(CCC(=O)NCC(O)CC(C)C)cc1. The number of hydrogen-bond donors (Lipinski definition) is 2. The van der Waals surface area contributed by atoms with Crippen molar-refractivity contribution in [3.05, 3.63) is 29.8 Å². The summed E-state index contributed by atoms with van der Waals surface area (Å²) in [5.74, 6) is 1.22. The van der Waals surface area contributed by atoms with Crippen LogP contribution in [0.25, 0.3) is 0 Å². The zero-order valence-electron chi connectivity index (χ0n) is 12.6. The first kappa shape index (κ1) is 16.5. The average molecular weight is 279 g/mol. The largest absolute Gasteiger partial charge is 0.497 e. The minimum atomic E-state index is -0.458. The van der Waals surface area contributed by atoms with Crippen LogP contribution in [0.3, 0.4) is 0 Å². The van der Waals surface area contributed by atoms with Crippen LogP contribution in [-0.4, -0.2) is 30.8 Å². The summed E-state index contributed by atoms with van der Waals surface area (Å²) < 4.78 is 5.08. The van der Waals surface area contributed by atoms with Crippen LogP contribution in [0.5, 0.6) is 5.75 Å². The van der Waals surface area contributed by atoms with E-state index in [1.165, 1.54) is 0 Å². The topological polar surface area (TPSA) is 58.6 Å². The fourth-order valence-electron chi connectivity index (χ4n) is 2.00. The Labute approximate surface area is 121 Å². The van der Waals surface area contributed by atoms with Crippen LogP contribution in [0.4, 0.5) is 0 Å². The van der Waals surface area contributed by atoms with E-state index in [2.05, 4.69) is 19.2 Å². The smallest absolute Gasteiger partial charge is 0.220 e. The Kier molecular flexibility index (Phi) is 7.09. The molecule has 0 heterocycles. The molecular formula is C16H25NO3. The minimum Gasteiger partial charge on any atom is -0.497 e. The zero-order chi connectivity index (χ0) is 15.0.